The minimum Gasteiger partial charge on any atom is -0.481 e. The topological polar surface area (TPSA) is 101 Å². The predicted octanol–water partition coefficient (Wildman–Crippen LogP) is 1.03. The molecule has 0 heterocycles. The molecule has 0 saturated carbocycles. The van der Waals surface area contributed by atoms with Crippen molar-refractivity contribution in [2.75, 3.05) is 11.9 Å². The monoisotopic (exact) mass is 243 g/mol. The summed E-state index contributed by atoms with van der Waals surface area (Å²) in [4.78, 5) is 20.0. The van der Waals surface area contributed by atoms with Crippen molar-refractivity contribution in [3.8, 4) is 0 Å². The van der Waals surface area contributed by atoms with Gasteiger partial charge in [0.1, 0.15) is 0 Å². The minimum atomic E-state index is -3.47. The molecule has 0 fully saturated rings. The zero-order chi connectivity index (χ0) is 12.2. The summed E-state index contributed by atoms with van der Waals surface area (Å²) in [7, 11) is -3.47. The van der Waals surface area contributed by atoms with Gasteiger partial charge in [0.05, 0.1) is 0 Å². The molecule has 0 bridgehead atoms. The number of benzene rings is 1. The van der Waals surface area contributed by atoms with Gasteiger partial charge in [-0.3, -0.25) is 9.36 Å². The van der Waals surface area contributed by atoms with Crippen molar-refractivity contribution >= 4 is 24.3 Å². The van der Waals surface area contributed by atoms with Crippen LogP contribution in [0.15, 0.2) is 24.3 Å². The number of aliphatic carboxylic acids is 1. The van der Waals surface area contributed by atoms with Crippen molar-refractivity contribution in [3.05, 3.63) is 24.3 Å². The molecule has 0 radical (unpaired) electrons. The first kappa shape index (κ1) is 12.7. The van der Waals surface area contributed by atoms with Gasteiger partial charge in [0.25, 0.3) is 0 Å². The lowest BCUT2D eigenvalue weighted by molar-refractivity contribution is -0.137. The Morgan fingerprint density at radius 2 is 2.12 bits per heavy atom. The molecule has 0 aliphatic rings. The average molecular weight is 243 g/mol. The molecule has 0 spiro atoms. The zero-order valence-electron chi connectivity index (χ0n) is 8.67. The minimum absolute atomic E-state index is 0.0389. The molecule has 1 aromatic carbocycles. The molecule has 0 saturated heterocycles. The molecule has 1 unspecified atom stereocenters. The third kappa shape index (κ3) is 3.68. The van der Waals surface area contributed by atoms with Gasteiger partial charge in [0, 0.05) is 23.6 Å². The summed E-state index contributed by atoms with van der Waals surface area (Å²) in [6.45, 7) is 0. The van der Waals surface area contributed by atoms with Gasteiger partial charge in [-0.25, -0.2) is 0 Å². The number of carboxylic acids is 1. The number of carboxylic acid groups (broad SMARTS) is 1. The van der Waals surface area contributed by atoms with Crippen LogP contribution >= 0.6 is 7.37 Å². The van der Waals surface area contributed by atoms with Crippen LogP contribution in [0, 0.1) is 0 Å². The second-order valence-corrected chi connectivity index (χ2v) is 5.88. The largest absolute Gasteiger partial charge is 0.481 e. The van der Waals surface area contributed by atoms with Crippen molar-refractivity contribution in [1.29, 1.82) is 0 Å². The van der Waals surface area contributed by atoms with E-state index in [4.69, 9.17) is 10.8 Å². The van der Waals surface area contributed by atoms with Crippen LogP contribution in [0.1, 0.15) is 12.8 Å². The first-order valence-electron chi connectivity index (χ1n) is 4.81. The molecular formula is C10H14NO4P. The number of rotatable bonds is 5. The number of nitrogens with two attached hydrogens (primary N) is 1. The summed E-state index contributed by atoms with van der Waals surface area (Å²) in [6, 6.07) is 6.20. The molecule has 0 aromatic heterocycles. The number of anilines is 1. The van der Waals surface area contributed by atoms with Gasteiger partial charge in [0.2, 0.25) is 7.37 Å². The molecule has 6 heteroatoms. The highest BCUT2D eigenvalue weighted by atomic mass is 31.2. The average Bonchev–Trinajstić information content (AvgIpc) is 2.16. The maximum atomic E-state index is 11.9. The van der Waals surface area contributed by atoms with Gasteiger partial charge in [-0.05, 0) is 24.6 Å². The molecule has 5 nitrogen and oxygen atoms in total. The quantitative estimate of drug-likeness (QED) is 0.529. The van der Waals surface area contributed by atoms with Crippen LogP contribution in [0.25, 0.3) is 0 Å². The van der Waals surface area contributed by atoms with Crippen LogP contribution in [0.2, 0.25) is 0 Å². The number of nitrogen functional groups attached to an aromatic ring is 1. The molecule has 16 heavy (non-hydrogen) atoms. The van der Waals surface area contributed by atoms with Gasteiger partial charge in [0.15, 0.2) is 0 Å². The Balaban J connectivity index is 2.70. The van der Waals surface area contributed by atoms with Gasteiger partial charge < -0.3 is 15.7 Å². The van der Waals surface area contributed by atoms with Crippen LogP contribution in [0.3, 0.4) is 0 Å². The highest BCUT2D eigenvalue weighted by molar-refractivity contribution is 7.66. The van der Waals surface area contributed by atoms with E-state index in [1.807, 2.05) is 0 Å². The fourth-order valence-electron chi connectivity index (χ4n) is 1.32. The molecule has 1 rings (SSSR count). The molecule has 0 aliphatic carbocycles. The van der Waals surface area contributed by atoms with Crippen molar-refractivity contribution in [2.24, 2.45) is 0 Å². The Kier molecular flexibility index (Phi) is 4.10. The normalized spacial score (nSPS) is 14.3. The van der Waals surface area contributed by atoms with Gasteiger partial charge >= 0.3 is 5.97 Å². The SMILES string of the molecule is Nc1cccc(P(=O)(O)CCCC(=O)O)c1. The van der Waals surface area contributed by atoms with Crippen molar-refractivity contribution in [3.63, 3.8) is 0 Å². The Labute approximate surface area is 93.4 Å². The van der Waals surface area contributed by atoms with E-state index in [1.54, 1.807) is 12.1 Å². The third-order valence-corrected chi connectivity index (χ3v) is 4.13. The lowest BCUT2D eigenvalue weighted by Gasteiger charge is -2.11. The Hall–Kier alpha value is -1.32. The first-order chi connectivity index (χ1) is 7.42. The van der Waals surface area contributed by atoms with E-state index in [0.717, 1.165) is 0 Å². The summed E-state index contributed by atoms with van der Waals surface area (Å²) < 4.78 is 11.9. The maximum absolute atomic E-state index is 11.9. The van der Waals surface area contributed by atoms with E-state index in [2.05, 4.69) is 0 Å². The Bertz CT molecular complexity index is 433. The number of hydrogen-bond donors (Lipinski definition) is 3. The smallest absolute Gasteiger partial charge is 0.303 e. The maximum Gasteiger partial charge on any atom is 0.303 e. The van der Waals surface area contributed by atoms with Crippen LogP contribution in [-0.2, 0) is 9.36 Å². The van der Waals surface area contributed by atoms with Crippen molar-refractivity contribution in [2.45, 2.75) is 12.8 Å². The third-order valence-electron chi connectivity index (χ3n) is 2.13. The fraction of sp³-hybridized carbons (Fsp3) is 0.300. The molecular weight excluding hydrogens is 229 g/mol. The Morgan fingerprint density at radius 3 is 2.69 bits per heavy atom. The van der Waals surface area contributed by atoms with Crippen molar-refractivity contribution in [1.82, 2.24) is 0 Å². The van der Waals surface area contributed by atoms with Gasteiger partial charge in [-0.1, -0.05) is 6.07 Å². The molecule has 1 aromatic rings. The van der Waals surface area contributed by atoms with Crippen molar-refractivity contribution < 1.29 is 19.4 Å². The summed E-state index contributed by atoms with van der Waals surface area (Å²) in [5.74, 6) is -0.965. The Morgan fingerprint density at radius 1 is 1.44 bits per heavy atom. The zero-order valence-corrected chi connectivity index (χ0v) is 9.56. The summed E-state index contributed by atoms with van der Waals surface area (Å²) in [5, 5.41) is 8.71. The van der Waals surface area contributed by atoms with Crippen LogP contribution in [0.4, 0.5) is 5.69 Å². The molecule has 4 N–H and O–H groups in total. The van der Waals surface area contributed by atoms with Crippen LogP contribution in [-0.4, -0.2) is 22.1 Å². The van der Waals surface area contributed by atoms with Crippen LogP contribution in [0.5, 0.6) is 0 Å². The lowest BCUT2D eigenvalue weighted by Crippen LogP contribution is -2.09. The second kappa shape index (κ2) is 5.14. The fourth-order valence-corrected chi connectivity index (χ4v) is 2.83. The molecule has 1 atom stereocenters. The second-order valence-electron chi connectivity index (χ2n) is 3.52. The van der Waals surface area contributed by atoms with E-state index in [-0.39, 0.29) is 24.3 Å². The molecule has 88 valence electrons. The summed E-state index contributed by atoms with van der Waals surface area (Å²) in [6.07, 6.45) is 0.0352. The molecule has 0 amide bonds. The highest BCUT2D eigenvalue weighted by Crippen LogP contribution is 2.40. The first-order valence-corrected chi connectivity index (χ1v) is 6.66. The van der Waals surface area contributed by atoms with E-state index in [9.17, 15) is 14.3 Å². The predicted molar refractivity (Wildman–Crippen MR) is 62.1 cm³/mol. The van der Waals surface area contributed by atoms with E-state index < -0.39 is 13.3 Å². The summed E-state index contributed by atoms with van der Waals surface area (Å²) in [5.41, 5.74) is 5.93. The highest BCUT2D eigenvalue weighted by Gasteiger charge is 2.21. The number of hydrogen-bond acceptors (Lipinski definition) is 3. The lowest BCUT2D eigenvalue weighted by atomic mass is 10.3. The number of carbonyl (C=O) groups is 1. The van der Waals surface area contributed by atoms with E-state index in [0.29, 0.717) is 5.69 Å². The standard InChI is InChI=1S/C10H14NO4P/c11-8-3-1-4-9(7-8)16(14,15)6-2-5-10(12)13/h1,3-4,7H,2,5-6,11H2,(H,12,13)(H,14,15). The van der Waals surface area contributed by atoms with E-state index >= 15 is 0 Å². The molecule has 0 aliphatic heterocycles. The van der Waals surface area contributed by atoms with Gasteiger partial charge in [-0.2, -0.15) is 0 Å². The summed E-state index contributed by atoms with van der Waals surface area (Å²) >= 11 is 0. The van der Waals surface area contributed by atoms with E-state index in [1.165, 1.54) is 12.1 Å². The van der Waals surface area contributed by atoms with Gasteiger partial charge in [-0.15, -0.1) is 0 Å². The van der Waals surface area contributed by atoms with Crippen LogP contribution < -0.4 is 11.0 Å².